The van der Waals surface area contributed by atoms with Crippen LogP contribution in [0.1, 0.15) is 11.8 Å². The fourth-order valence-corrected chi connectivity index (χ4v) is 6.91. The van der Waals surface area contributed by atoms with Crippen LogP contribution in [0.3, 0.4) is 0 Å². The molecule has 0 radical (unpaired) electrons. The van der Waals surface area contributed by atoms with E-state index in [1.54, 1.807) is 19.2 Å². The number of hydrogen-bond acceptors (Lipinski definition) is 9. The van der Waals surface area contributed by atoms with Crippen molar-refractivity contribution < 1.29 is 13.1 Å². The van der Waals surface area contributed by atoms with Crippen LogP contribution >= 0.6 is 22.9 Å². The standard InChI is InChI=1S/C21H19ClN6O3S2/c1-21(11-33(3,29)28(2)20(23)24-21)17-14(22)10-16(32-17)19-26-25-18(31-19)13-6-4-12(5-7-13)15-8-9-30-27-15/h4-10H,3,11H2,1-2H3,(H2,23,24)/t21-,33?/m0/s1. The van der Waals surface area contributed by atoms with Gasteiger partial charge >= 0.3 is 0 Å². The van der Waals surface area contributed by atoms with Gasteiger partial charge in [0.05, 0.1) is 30.2 Å². The minimum Gasteiger partial charge on any atom is -0.415 e. The Morgan fingerprint density at radius 1 is 1.21 bits per heavy atom. The Morgan fingerprint density at radius 2 is 1.91 bits per heavy atom. The lowest BCUT2D eigenvalue weighted by atomic mass is 10.0. The van der Waals surface area contributed by atoms with E-state index in [1.165, 1.54) is 21.9 Å². The van der Waals surface area contributed by atoms with E-state index in [9.17, 15) is 4.21 Å². The van der Waals surface area contributed by atoms with Gasteiger partial charge in [-0.1, -0.05) is 28.9 Å². The maximum atomic E-state index is 12.9. The fraction of sp³-hybridized carbons (Fsp3) is 0.190. The highest BCUT2D eigenvalue weighted by atomic mass is 35.5. The van der Waals surface area contributed by atoms with Gasteiger partial charge in [0.25, 0.3) is 5.89 Å². The Labute approximate surface area is 199 Å². The summed E-state index contributed by atoms with van der Waals surface area (Å²) in [6.45, 7) is 1.84. The molecule has 3 aromatic heterocycles. The summed E-state index contributed by atoms with van der Waals surface area (Å²) >= 11 is 7.91. The van der Waals surface area contributed by atoms with Gasteiger partial charge in [0, 0.05) is 24.2 Å². The molecule has 170 valence electrons. The molecular formula is C21H19ClN6O3S2. The molecule has 4 heterocycles. The number of aromatic nitrogens is 3. The summed E-state index contributed by atoms with van der Waals surface area (Å²) in [6.07, 6.45) is 1.52. The van der Waals surface area contributed by atoms with Gasteiger partial charge in [-0.3, -0.25) is 4.31 Å². The first-order valence-electron chi connectivity index (χ1n) is 9.75. The second-order valence-corrected chi connectivity index (χ2v) is 11.7. The molecule has 4 aromatic rings. The van der Waals surface area contributed by atoms with Crippen molar-refractivity contribution in [1.82, 2.24) is 19.7 Å². The van der Waals surface area contributed by atoms with E-state index in [-0.39, 0.29) is 11.7 Å². The first-order chi connectivity index (χ1) is 15.7. The van der Waals surface area contributed by atoms with Crippen LogP contribution in [0, 0.1) is 0 Å². The van der Waals surface area contributed by atoms with Crippen LogP contribution in [0.4, 0.5) is 0 Å². The number of halogens is 1. The summed E-state index contributed by atoms with van der Waals surface area (Å²) in [5, 5.41) is 12.7. The van der Waals surface area contributed by atoms with E-state index in [4.69, 9.17) is 26.3 Å². The predicted molar refractivity (Wildman–Crippen MR) is 130 cm³/mol. The number of thiophene rings is 1. The van der Waals surface area contributed by atoms with Gasteiger partial charge in [0.15, 0.2) is 0 Å². The van der Waals surface area contributed by atoms with Crippen LogP contribution in [0.15, 0.2) is 56.6 Å². The number of hydrogen-bond donors (Lipinski definition) is 1. The van der Waals surface area contributed by atoms with Crippen molar-refractivity contribution in [2.24, 2.45) is 10.7 Å². The highest BCUT2D eigenvalue weighted by Crippen LogP contribution is 2.44. The summed E-state index contributed by atoms with van der Waals surface area (Å²) < 4.78 is 25.2. The van der Waals surface area contributed by atoms with E-state index < -0.39 is 15.2 Å². The van der Waals surface area contributed by atoms with E-state index >= 15 is 0 Å². The van der Waals surface area contributed by atoms with E-state index in [0.717, 1.165) is 16.8 Å². The summed E-state index contributed by atoms with van der Waals surface area (Å²) in [5.41, 5.74) is 7.55. The molecule has 2 atom stereocenters. The van der Waals surface area contributed by atoms with E-state index in [0.29, 0.717) is 26.6 Å². The molecule has 0 aliphatic carbocycles. The molecule has 0 spiro atoms. The molecular weight excluding hydrogens is 484 g/mol. The molecule has 12 heteroatoms. The number of aliphatic imine (C=N–C) groups is 1. The van der Waals surface area contributed by atoms with Crippen LogP contribution in [0.25, 0.3) is 33.5 Å². The lowest BCUT2D eigenvalue weighted by molar-refractivity contribution is 0.422. The first kappa shape index (κ1) is 21.7. The lowest BCUT2D eigenvalue weighted by Gasteiger charge is -2.36. The van der Waals surface area contributed by atoms with E-state index in [2.05, 4.69) is 26.2 Å². The van der Waals surface area contributed by atoms with Gasteiger partial charge in [-0.2, -0.15) is 0 Å². The van der Waals surface area contributed by atoms with Gasteiger partial charge in [-0.05, 0) is 31.0 Å². The largest absolute Gasteiger partial charge is 0.415 e. The maximum absolute atomic E-state index is 12.9. The number of benzene rings is 1. The molecule has 2 N–H and O–H groups in total. The Bertz CT molecular complexity index is 1460. The summed E-state index contributed by atoms with van der Waals surface area (Å²) in [7, 11) is -1.01. The van der Waals surface area contributed by atoms with Gasteiger partial charge in [0.2, 0.25) is 11.9 Å². The number of rotatable bonds is 4. The molecule has 0 bridgehead atoms. The fourth-order valence-electron chi connectivity index (χ4n) is 3.60. The quantitative estimate of drug-likeness (QED) is 0.420. The molecule has 0 saturated heterocycles. The zero-order chi connectivity index (χ0) is 23.4. The Morgan fingerprint density at radius 3 is 2.58 bits per heavy atom. The third-order valence-electron chi connectivity index (χ3n) is 5.37. The molecule has 0 saturated carbocycles. The SMILES string of the molecule is C=S1(=O)C[C@@](C)(c2sc(-c3nnc(-c4ccc(-c5ccon5)cc4)o3)cc2Cl)N=C(N)N1C. The highest BCUT2D eigenvalue weighted by molar-refractivity contribution is 7.98. The van der Waals surface area contributed by atoms with Crippen LogP contribution in [0.5, 0.6) is 0 Å². The minimum absolute atomic E-state index is 0.156. The second kappa shape index (κ2) is 7.72. The molecule has 0 amide bonds. The molecule has 0 fully saturated rings. The van der Waals surface area contributed by atoms with Crippen LogP contribution < -0.4 is 5.73 Å². The van der Waals surface area contributed by atoms with Crippen molar-refractivity contribution in [3.8, 4) is 33.5 Å². The van der Waals surface area contributed by atoms with Gasteiger partial charge in [-0.15, -0.1) is 21.5 Å². The third kappa shape index (κ3) is 3.81. The molecule has 9 nitrogen and oxygen atoms in total. The van der Waals surface area contributed by atoms with Crippen molar-refractivity contribution in [2.45, 2.75) is 12.5 Å². The maximum Gasteiger partial charge on any atom is 0.258 e. The van der Waals surface area contributed by atoms with Crippen molar-refractivity contribution in [3.05, 3.63) is 52.6 Å². The summed E-state index contributed by atoms with van der Waals surface area (Å²) in [6, 6.07) is 11.1. The molecule has 5 rings (SSSR count). The summed E-state index contributed by atoms with van der Waals surface area (Å²) in [5.74, 6) is 4.88. The molecule has 33 heavy (non-hydrogen) atoms. The number of guanidine groups is 1. The van der Waals surface area contributed by atoms with Gasteiger partial charge < -0.3 is 14.7 Å². The van der Waals surface area contributed by atoms with Crippen LogP contribution in [-0.2, 0) is 15.2 Å². The predicted octanol–water partition coefficient (Wildman–Crippen LogP) is 3.88. The normalized spacial score (nSPS) is 23.0. The highest BCUT2D eigenvalue weighted by Gasteiger charge is 2.40. The van der Waals surface area contributed by atoms with Crippen molar-refractivity contribution >= 4 is 44.5 Å². The average molecular weight is 503 g/mol. The number of nitrogens with two attached hydrogens (primary N) is 1. The van der Waals surface area contributed by atoms with Crippen molar-refractivity contribution in [3.63, 3.8) is 0 Å². The smallest absolute Gasteiger partial charge is 0.258 e. The van der Waals surface area contributed by atoms with Gasteiger partial charge in [0.1, 0.15) is 17.5 Å². The molecule has 1 unspecified atom stereocenters. The van der Waals surface area contributed by atoms with Crippen molar-refractivity contribution in [1.29, 1.82) is 0 Å². The Balaban J connectivity index is 1.45. The summed E-state index contributed by atoms with van der Waals surface area (Å²) in [4.78, 5) is 5.95. The first-order valence-corrected chi connectivity index (χ1v) is 12.8. The molecule has 1 aromatic carbocycles. The third-order valence-corrected chi connectivity index (χ3v) is 9.35. The lowest BCUT2D eigenvalue weighted by Crippen LogP contribution is -2.50. The van der Waals surface area contributed by atoms with Crippen LogP contribution in [-0.4, -0.2) is 48.5 Å². The zero-order valence-electron chi connectivity index (χ0n) is 17.7. The Kier molecular flexibility index (Phi) is 5.07. The van der Waals surface area contributed by atoms with Crippen molar-refractivity contribution in [2.75, 3.05) is 12.8 Å². The molecule has 1 aliphatic rings. The number of nitrogens with zero attached hydrogens (tertiary/aromatic N) is 5. The second-order valence-electron chi connectivity index (χ2n) is 7.82. The minimum atomic E-state index is -2.63. The van der Waals surface area contributed by atoms with Crippen LogP contribution in [0.2, 0.25) is 5.02 Å². The topological polar surface area (TPSA) is 124 Å². The van der Waals surface area contributed by atoms with E-state index in [1.807, 2.05) is 31.2 Å². The molecule has 1 aliphatic heterocycles. The average Bonchev–Trinajstić information content (AvgIpc) is 3.52. The zero-order valence-corrected chi connectivity index (χ0v) is 20.1. The Hall–Kier alpha value is -3.15. The van der Waals surface area contributed by atoms with Gasteiger partial charge in [-0.25, -0.2) is 9.20 Å². The monoisotopic (exact) mass is 502 g/mol.